The van der Waals surface area contributed by atoms with Gasteiger partial charge < -0.3 is 4.42 Å². The van der Waals surface area contributed by atoms with E-state index in [0.29, 0.717) is 5.82 Å². The van der Waals surface area contributed by atoms with Gasteiger partial charge in [-0.25, -0.2) is 9.97 Å². The first-order valence-electron chi connectivity index (χ1n) is 21.7. The van der Waals surface area contributed by atoms with Gasteiger partial charge in [0.15, 0.2) is 5.82 Å². The zero-order chi connectivity index (χ0) is 41.3. The summed E-state index contributed by atoms with van der Waals surface area (Å²) in [5, 5.41) is 2.23. The van der Waals surface area contributed by atoms with Crippen LogP contribution in [0.1, 0.15) is 44.5 Å². The third-order valence-corrected chi connectivity index (χ3v) is 14.2. The third-order valence-electron chi connectivity index (χ3n) is 14.2. The van der Waals surface area contributed by atoms with Crippen LogP contribution in [0.15, 0.2) is 223 Å². The van der Waals surface area contributed by atoms with Crippen LogP contribution in [0, 0.1) is 0 Å². The molecule has 0 unspecified atom stereocenters. The Bertz CT molecular complexity index is 3540. The lowest BCUT2D eigenvalue weighted by Gasteiger charge is -2.49. The molecule has 0 bridgehead atoms. The molecule has 2 aromatic heterocycles. The van der Waals surface area contributed by atoms with Gasteiger partial charge in [0.05, 0.1) is 22.2 Å². The largest absolute Gasteiger partial charge is 0.456 e. The molecule has 0 fully saturated rings. The van der Waals surface area contributed by atoms with E-state index in [0.717, 1.165) is 50.0 Å². The molecule has 63 heavy (non-hydrogen) atoms. The molecule has 3 nitrogen and oxygen atoms in total. The molecule has 0 N–H and O–H groups in total. The van der Waals surface area contributed by atoms with Crippen molar-refractivity contribution in [1.29, 1.82) is 0 Å². The van der Waals surface area contributed by atoms with Gasteiger partial charge in [-0.1, -0.05) is 194 Å². The molecule has 0 aliphatic heterocycles. The second-order valence-electron chi connectivity index (χ2n) is 17.1. The van der Waals surface area contributed by atoms with E-state index >= 15 is 0 Å². The smallest absolute Gasteiger partial charge is 0.160 e. The van der Waals surface area contributed by atoms with E-state index in [1.54, 1.807) is 0 Å². The van der Waals surface area contributed by atoms with E-state index in [1.807, 2.05) is 6.07 Å². The van der Waals surface area contributed by atoms with Crippen LogP contribution < -0.4 is 0 Å². The lowest BCUT2D eigenvalue weighted by Crippen LogP contribution is -2.44. The van der Waals surface area contributed by atoms with E-state index in [-0.39, 0.29) is 0 Å². The van der Waals surface area contributed by atoms with Crippen LogP contribution in [0.4, 0.5) is 0 Å². The summed E-state index contributed by atoms with van der Waals surface area (Å²) in [5.41, 5.74) is 20.5. The molecule has 0 amide bonds. The Morgan fingerprint density at radius 1 is 0.302 bits per heavy atom. The highest BCUT2D eigenvalue weighted by Crippen LogP contribution is 2.68. The number of fused-ring (bicyclic) bond motifs is 19. The summed E-state index contributed by atoms with van der Waals surface area (Å²) in [6.45, 7) is 0. The molecular weight excluding hydrogens is 765 g/mol. The van der Waals surface area contributed by atoms with Gasteiger partial charge in [-0.05, 0) is 91.0 Å². The van der Waals surface area contributed by atoms with Crippen molar-refractivity contribution < 1.29 is 4.42 Å². The molecule has 0 saturated heterocycles. The number of nitrogens with zero attached hydrogens (tertiary/aromatic N) is 2. The zero-order valence-electron chi connectivity index (χ0n) is 34.1. The van der Waals surface area contributed by atoms with Crippen molar-refractivity contribution in [2.75, 3.05) is 0 Å². The fourth-order valence-corrected chi connectivity index (χ4v) is 11.8. The summed E-state index contributed by atoms with van der Waals surface area (Å²) in [4.78, 5) is 10.8. The Kier molecular flexibility index (Phi) is 6.97. The van der Waals surface area contributed by atoms with E-state index in [1.165, 1.54) is 66.8 Å². The average Bonchev–Trinajstić information content (AvgIpc) is 3.98. The van der Waals surface area contributed by atoms with Crippen LogP contribution >= 0.6 is 0 Å². The predicted molar refractivity (Wildman–Crippen MR) is 254 cm³/mol. The molecule has 3 heteroatoms. The minimum absolute atomic E-state index is 0.553. The summed E-state index contributed by atoms with van der Waals surface area (Å²) in [6, 6.07) is 79.7. The molecule has 0 atom stereocenters. The Morgan fingerprint density at radius 2 is 0.810 bits per heavy atom. The van der Waals surface area contributed by atoms with Gasteiger partial charge in [0.1, 0.15) is 11.2 Å². The monoisotopic (exact) mass is 800 g/mol. The first kappa shape index (κ1) is 34.6. The minimum atomic E-state index is -0.760. The van der Waals surface area contributed by atoms with E-state index < -0.39 is 10.8 Å². The maximum absolute atomic E-state index is 6.80. The van der Waals surface area contributed by atoms with Crippen molar-refractivity contribution in [2.24, 2.45) is 0 Å². The number of furan rings is 1. The number of hydrogen-bond acceptors (Lipinski definition) is 3. The lowest BCUT2D eigenvalue weighted by atomic mass is 9.52. The molecule has 14 rings (SSSR count). The van der Waals surface area contributed by atoms with Crippen LogP contribution in [0.25, 0.3) is 78.1 Å². The highest BCUT2D eigenvalue weighted by Gasteiger charge is 2.59. The van der Waals surface area contributed by atoms with Crippen LogP contribution in [0.3, 0.4) is 0 Å². The number of para-hydroxylation sites is 1. The first-order chi connectivity index (χ1) is 31.2. The summed E-state index contributed by atoms with van der Waals surface area (Å²) in [7, 11) is 0. The van der Waals surface area contributed by atoms with E-state index in [2.05, 4.69) is 212 Å². The topological polar surface area (TPSA) is 38.9 Å². The van der Waals surface area contributed by atoms with Gasteiger partial charge in [0, 0.05) is 27.5 Å². The van der Waals surface area contributed by atoms with Crippen molar-refractivity contribution in [1.82, 2.24) is 9.97 Å². The van der Waals surface area contributed by atoms with Crippen molar-refractivity contribution in [3.63, 3.8) is 0 Å². The van der Waals surface area contributed by atoms with Crippen LogP contribution in [0.5, 0.6) is 0 Å². The summed E-state index contributed by atoms with van der Waals surface area (Å²) in [6.07, 6.45) is 0. The Balaban J connectivity index is 1.16. The molecule has 11 aromatic rings. The number of benzene rings is 9. The SMILES string of the molecule is c1ccc(-c2cc(-c3cccc4c3C3(c5cc6oc7ccccc7c6cc5-4)c4ccccc4C4(c5ccccc5-c5ccccc54)c4ccccc43)nc(-c3ccccc3)n2)cc1. The second kappa shape index (κ2) is 12.7. The quantitative estimate of drug-likeness (QED) is 0.179. The fraction of sp³-hybridized carbons (Fsp3) is 0.0333. The molecule has 2 spiro atoms. The Hall–Kier alpha value is -8.14. The van der Waals surface area contributed by atoms with Gasteiger partial charge in [0.25, 0.3) is 0 Å². The predicted octanol–water partition coefficient (Wildman–Crippen LogP) is 14.4. The van der Waals surface area contributed by atoms with Crippen molar-refractivity contribution >= 4 is 21.9 Å². The molecule has 0 radical (unpaired) electrons. The highest BCUT2D eigenvalue weighted by atomic mass is 16.3. The first-order valence-corrected chi connectivity index (χ1v) is 21.7. The number of rotatable bonds is 3. The van der Waals surface area contributed by atoms with Gasteiger partial charge in [-0.3, -0.25) is 0 Å². The molecule has 292 valence electrons. The van der Waals surface area contributed by atoms with Gasteiger partial charge in [-0.2, -0.15) is 0 Å². The van der Waals surface area contributed by atoms with Crippen molar-refractivity contribution in [3.8, 4) is 56.2 Å². The molecule has 3 aliphatic rings. The Labute approximate surface area is 364 Å². The standard InChI is InChI=1S/C60H36N2O/c1-3-18-37(19-4-1)53-36-54(62-58(61-53)38-20-5-2-6-21-38)43-26-17-25-42-44-34-45-41-24-9-16-33-55(41)63-56(45)35-52(44)60(57(42)43)50-31-14-12-29-48(50)59(49-30-13-15-32-51(49)60)46-27-10-7-22-39(46)40-23-8-11-28-47(40)59/h1-36H. The van der Waals surface area contributed by atoms with Gasteiger partial charge in [0.2, 0.25) is 0 Å². The lowest BCUT2D eigenvalue weighted by molar-refractivity contribution is 0.630. The highest BCUT2D eigenvalue weighted by molar-refractivity contribution is 6.09. The van der Waals surface area contributed by atoms with E-state index in [4.69, 9.17) is 14.4 Å². The van der Waals surface area contributed by atoms with Crippen LogP contribution in [0.2, 0.25) is 0 Å². The van der Waals surface area contributed by atoms with E-state index in [9.17, 15) is 0 Å². The van der Waals surface area contributed by atoms with Crippen LogP contribution in [-0.2, 0) is 10.8 Å². The van der Waals surface area contributed by atoms with Gasteiger partial charge in [-0.15, -0.1) is 0 Å². The summed E-state index contributed by atoms with van der Waals surface area (Å²) in [5.74, 6) is 0.695. The number of aromatic nitrogens is 2. The summed E-state index contributed by atoms with van der Waals surface area (Å²) >= 11 is 0. The van der Waals surface area contributed by atoms with Crippen molar-refractivity contribution in [2.45, 2.75) is 10.8 Å². The molecule has 9 aromatic carbocycles. The normalized spacial score (nSPS) is 14.3. The average molecular weight is 801 g/mol. The minimum Gasteiger partial charge on any atom is -0.456 e. The van der Waals surface area contributed by atoms with Crippen LogP contribution in [-0.4, -0.2) is 9.97 Å². The van der Waals surface area contributed by atoms with Crippen molar-refractivity contribution in [3.05, 3.63) is 263 Å². The number of hydrogen-bond donors (Lipinski definition) is 0. The fourth-order valence-electron chi connectivity index (χ4n) is 11.8. The zero-order valence-corrected chi connectivity index (χ0v) is 34.1. The molecule has 0 saturated carbocycles. The second-order valence-corrected chi connectivity index (χ2v) is 17.1. The van der Waals surface area contributed by atoms with Gasteiger partial charge >= 0.3 is 0 Å². The third kappa shape index (κ3) is 4.43. The molecule has 3 aliphatic carbocycles. The molecule has 2 heterocycles. The summed E-state index contributed by atoms with van der Waals surface area (Å²) < 4.78 is 6.80. The maximum Gasteiger partial charge on any atom is 0.160 e. The molecular formula is C60H36N2O. The Morgan fingerprint density at radius 3 is 1.48 bits per heavy atom. The maximum atomic E-state index is 6.80.